The fourth-order valence-electron chi connectivity index (χ4n) is 2.08. The van der Waals surface area contributed by atoms with Crippen molar-refractivity contribution in [3.05, 3.63) is 62.8 Å². The summed E-state index contributed by atoms with van der Waals surface area (Å²) in [5, 5.41) is 0.552. The molecule has 0 heterocycles. The van der Waals surface area contributed by atoms with Gasteiger partial charge in [0.25, 0.3) is 0 Å². The van der Waals surface area contributed by atoms with Crippen molar-refractivity contribution in [2.24, 2.45) is 5.73 Å². The Morgan fingerprint density at radius 1 is 1.35 bits per heavy atom. The average molecular weight is 359 g/mol. The number of ether oxygens (including phenoxy) is 1. The average Bonchev–Trinajstić information content (AvgIpc) is 2.40. The zero-order chi connectivity index (χ0) is 14.7. The van der Waals surface area contributed by atoms with Gasteiger partial charge in [0.15, 0.2) is 0 Å². The lowest BCUT2D eigenvalue weighted by Gasteiger charge is -2.18. The first-order valence-electron chi connectivity index (χ1n) is 6.05. The summed E-state index contributed by atoms with van der Waals surface area (Å²) in [6, 6.07) is 9.67. The fourth-order valence-corrected chi connectivity index (χ4v) is 3.08. The molecule has 0 aromatic heterocycles. The molecule has 2 rings (SSSR count). The Morgan fingerprint density at radius 2 is 2.05 bits per heavy atom. The first kappa shape index (κ1) is 15.3. The number of rotatable bonds is 4. The van der Waals surface area contributed by atoms with Crippen LogP contribution in [0.4, 0.5) is 4.39 Å². The third-order valence-electron chi connectivity index (χ3n) is 3.04. The SMILES string of the molecule is COc1c(Br)cc(Cl)cc1C(N)Cc1ccccc1F. The van der Waals surface area contributed by atoms with E-state index in [2.05, 4.69) is 15.9 Å². The van der Waals surface area contributed by atoms with Gasteiger partial charge >= 0.3 is 0 Å². The Hall–Kier alpha value is -1.10. The Bertz CT molecular complexity index is 621. The second-order valence-electron chi connectivity index (χ2n) is 4.41. The molecule has 0 aliphatic rings. The van der Waals surface area contributed by atoms with Gasteiger partial charge in [-0.15, -0.1) is 0 Å². The molecule has 0 amide bonds. The summed E-state index contributed by atoms with van der Waals surface area (Å²) in [5.41, 5.74) is 7.50. The smallest absolute Gasteiger partial charge is 0.137 e. The fraction of sp³-hybridized carbons (Fsp3) is 0.200. The Labute approximate surface area is 130 Å². The number of hydrogen-bond acceptors (Lipinski definition) is 2. The maximum Gasteiger partial charge on any atom is 0.137 e. The van der Waals surface area contributed by atoms with E-state index in [1.165, 1.54) is 6.07 Å². The number of nitrogens with two attached hydrogens (primary N) is 1. The lowest BCUT2D eigenvalue weighted by Crippen LogP contribution is -2.15. The van der Waals surface area contributed by atoms with E-state index in [0.717, 1.165) is 10.0 Å². The van der Waals surface area contributed by atoms with Gasteiger partial charge in [0, 0.05) is 16.6 Å². The zero-order valence-electron chi connectivity index (χ0n) is 10.9. The van der Waals surface area contributed by atoms with E-state index >= 15 is 0 Å². The Balaban J connectivity index is 2.34. The van der Waals surface area contributed by atoms with Crippen LogP contribution in [0.2, 0.25) is 5.02 Å². The van der Waals surface area contributed by atoms with Gasteiger partial charge in [-0.05, 0) is 46.1 Å². The van der Waals surface area contributed by atoms with E-state index < -0.39 is 6.04 Å². The summed E-state index contributed by atoms with van der Waals surface area (Å²) >= 11 is 9.43. The van der Waals surface area contributed by atoms with Crippen LogP contribution in [-0.2, 0) is 6.42 Å². The molecule has 0 aliphatic carbocycles. The largest absolute Gasteiger partial charge is 0.495 e. The predicted molar refractivity (Wildman–Crippen MR) is 82.7 cm³/mol. The number of methoxy groups -OCH3 is 1. The lowest BCUT2D eigenvalue weighted by molar-refractivity contribution is 0.402. The molecular weight excluding hydrogens is 345 g/mol. The molecule has 1 atom stereocenters. The first-order chi connectivity index (χ1) is 9.52. The van der Waals surface area contributed by atoms with Gasteiger partial charge in [-0.2, -0.15) is 0 Å². The molecule has 0 saturated carbocycles. The van der Waals surface area contributed by atoms with Crippen LogP contribution in [0.3, 0.4) is 0 Å². The molecule has 0 bridgehead atoms. The van der Waals surface area contributed by atoms with E-state index in [1.54, 1.807) is 37.4 Å². The molecule has 0 spiro atoms. The highest BCUT2D eigenvalue weighted by Gasteiger charge is 2.17. The van der Waals surface area contributed by atoms with Gasteiger partial charge in [-0.3, -0.25) is 0 Å². The molecule has 0 aliphatic heterocycles. The molecule has 0 fully saturated rings. The van der Waals surface area contributed by atoms with Crippen molar-refractivity contribution in [1.82, 2.24) is 0 Å². The molecular formula is C15H14BrClFNO. The molecule has 0 saturated heterocycles. The maximum atomic E-state index is 13.7. The first-order valence-corrected chi connectivity index (χ1v) is 7.22. The van der Waals surface area contributed by atoms with Crippen LogP contribution in [-0.4, -0.2) is 7.11 Å². The third kappa shape index (κ3) is 3.32. The highest BCUT2D eigenvalue weighted by atomic mass is 79.9. The van der Waals surface area contributed by atoms with Gasteiger partial charge < -0.3 is 10.5 Å². The summed E-state index contributed by atoms with van der Waals surface area (Å²) in [5.74, 6) is 0.362. The molecule has 2 aromatic rings. The molecule has 2 nitrogen and oxygen atoms in total. The molecule has 20 heavy (non-hydrogen) atoms. The van der Waals surface area contributed by atoms with Crippen molar-refractivity contribution in [2.45, 2.75) is 12.5 Å². The van der Waals surface area contributed by atoms with Crippen LogP contribution in [0.5, 0.6) is 5.75 Å². The van der Waals surface area contributed by atoms with Gasteiger partial charge in [-0.1, -0.05) is 29.8 Å². The maximum absolute atomic E-state index is 13.7. The van der Waals surface area contributed by atoms with E-state index in [0.29, 0.717) is 22.8 Å². The van der Waals surface area contributed by atoms with Crippen LogP contribution >= 0.6 is 27.5 Å². The third-order valence-corrected chi connectivity index (χ3v) is 3.85. The van der Waals surface area contributed by atoms with Crippen molar-refractivity contribution in [2.75, 3.05) is 7.11 Å². The van der Waals surface area contributed by atoms with E-state index in [4.69, 9.17) is 22.1 Å². The molecule has 5 heteroatoms. The van der Waals surface area contributed by atoms with E-state index in [1.807, 2.05) is 0 Å². The van der Waals surface area contributed by atoms with Crippen molar-refractivity contribution in [1.29, 1.82) is 0 Å². The van der Waals surface area contributed by atoms with Gasteiger partial charge in [0.05, 0.1) is 11.6 Å². The summed E-state index contributed by atoms with van der Waals surface area (Å²) in [6.45, 7) is 0. The minimum Gasteiger partial charge on any atom is -0.495 e. The number of halogens is 3. The summed E-state index contributed by atoms with van der Waals surface area (Å²) in [6.07, 6.45) is 0.371. The van der Waals surface area contributed by atoms with Gasteiger partial charge in [-0.25, -0.2) is 4.39 Å². The molecule has 0 radical (unpaired) electrons. The summed E-state index contributed by atoms with van der Waals surface area (Å²) < 4.78 is 19.8. The van der Waals surface area contributed by atoms with Crippen LogP contribution < -0.4 is 10.5 Å². The molecule has 2 N–H and O–H groups in total. The summed E-state index contributed by atoms with van der Waals surface area (Å²) in [4.78, 5) is 0. The Morgan fingerprint density at radius 3 is 2.70 bits per heavy atom. The highest BCUT2D eigenvalue weighted by Crippen LogP contribution is 2.36. The second kappa shape index (κ2) is 6.57. The normalized spacial score (nSPS) is 12.2. The van der Waals surface area contributed by atoms with Crippen LogP contribution in [0, 0.1) is 5.82 Å². The highest BCUT2D eigenvalue weighted by molar-refractivity contribution is 9.10. The summed E-state index contributed by atoms with van der Waals surface area (Å²) in [7, 11) is 1.56. The molecule has 1 unspecified atom stereocenters. The van der Waals surface area contributed by atoms with Crippen LogP contribution in [0.15, 0.2) is 40.9 Å². The lowest BCUT2D eigenvalue weighted by atomic mass is 9.98. The minimum atomic E-state index is -0.406. The second-order valence-corrected chi connectivity index (χ2v) is 5.70. The number of benzene rings is 2. The van der Waals surface area contributed by atoms with E-state index in [-0.39, 0.29) is 5.82 Å². The predicted octanol–water partition coefficient (Wildman–Crippen LogP) is 4.49. The zero-order valence-corrected chi connectivity index (χ0v) is 13.2. The van der Waals surface area contributed by atoms with Crippen molar-refractivity contribution in [3.8, 4) is 5.75 Å². The van der Waals surface area contributed by atoms with Crippen LogP contribution in [0.25, 0.3) is 0 Å². The van der Waals surface area contributed by atoms with Gasteiger partial charge in [0.2, 0.25) is 0 Å². The number of hydrogen-bond donors (Lipinski definition) is 1. The minimum absolute atomic E-state index is 0.261. The quantitative estimate of drug-likeness (QED) is 0.874. The van der Waals surface area contributed by atoms with Gasteiger partial charge in [0.1, 0.15) is 11.6 Å². The monoisotopic (exact) mass is 357 g/mol. The van der Waals surface area contributed by atoms with Crippen molar-refractivity contribution >= 4 is 27.5 Å². The van der Waals surface area contributed by atoms with Crippen LogP contribution in [0.1, 0.15) is 17.2 Å². The molecule has 106 valence electrons. The Kier molecular flexibility index (Phi) is 5.02. The standard InChI is InChI=1S/C15H14BrClFNO/c1-20-15-11(7-10(17)8-12(15)16)14(19)6-9-4-2-3-5-13(9)18/h2-5,7-8,14H,6,19H2,1H3. The van der Waals surface area contributed by atoms with Crippen molar-refractivity contribution in [3.63, 3.8) is 0 Å². The molecule has 2 aromatic carbocycles. The van der Waals surface area contributed by atoms with E-state index in [9.17, 15) is 4.39 Å². The van der Waals surface area contributed by atoms with Crippen molar-refractivity contribution < 1.29 is 9.13 Å². The topological polar surface area (TPSA) is 35.2 Å².